The Balaban J connectivity index is 2.12. The molecule has 104 valence electrons. The molecule has 1 aliphatic heterocycles. The van der Waals surface area contributed by atoms with Crippen molar-refractivity contribution in [2.45, 2.75) is 57.7 Å². The van der Waals surface area contributed by atoms with E-state index in [9.17, 15) is 5.21 Å². The third-order valence-electron chi connectivity index (χ3n) is 3.85. The summed E-state index contributed by atoms with van der Waals surface area (Å²) in [7, 11) is 0. The minimum Gasteiger partial charge on any atom is -0.313 e. The summed E-state index contributed by atoms with van der Waals surface area (Å²) < 4.78 is 0. The van der Waals surface area contributed by atoms with Crippen molar-refractivity contribution in [3.05, 3.63) is 35.9 Å². The Labute approximate surface area is 115 Å². The van der Waals surface area contributed by atoms with Gasteiger partial charge in [0.2, 0.25) is 0 Å². The van der Waals surface area contributed by atoms with Crippen LogP contribution in [0.3, 0.4) is 0 Å². The van der Waals surface area contributed by atoms with Gasteiger partial charge >= 0.3 is 0 Å². The summed E-state index contributed by atoms with van der Waals surface area (Å²) in [4.78, 5) is 4.72. The predicted octanol–water partition coefficient (Wildman–Crippen LogP) is 3.52. The third kappa shape index (κ3) is 3.23. The SMILES string of the molecule is CC1(C)CC(/N=C/c2ccccc2)CC(C)(C)N1O. The Morgan fingerprint density at radius 2 is 1.63 bits per heavy atom. The van der Waals surface area contributed by atoms with Crippen LogP contribution >= 0.6 is 0 Å². The maximum absolute atomic E-state index is 10.2. The standard InChI is InChI=1S/C16H24N2O/c1-15(2)10-14(11-16(3,4)18(15)19)17-12-13-8-6-5-7-9-13/h5-9,12,14,19H,10-11H2,1-4H3/b17-12+. The van der Waals surface area contributed by atoms with Crippen LogP contribution in [-0.2, 0) is 0 Å². The first-order chi connectivity index (χ1) is 8.81. The van der Waals surface area contributed by atoms with Gasteiger partial charge in [-0.1, -0.05) is 30.3 Å². The molecule has 0 saturated carbocycles. The number of rotatable bonds is 2. The highest BCUT2D eigenvalue weighted by Crippen LogP contribution is 2.37. The van der Waals surface area contributed by atoms with Gasteiger partial charge in [-0.3, -0.25) is 4.99 Å². The van der Waals surface area contributed by atoms with Gasteiger partial charge in [0.15, 0.2) is 0 Å². The van der Waals surface area contributed by atoms with Crippen LogP contribution in [-0.4, -0.2) is 33.6 Å². The van der Waals surface area contributed by atoms with Gasteiger partial charge in [-0.15, -0.1) is 0 Å². The lowest BCUT2D eigenvalue weighted by Crippen LogP contribution is -2.59. The van der Waals surface area contributed by atoms with E-state index >= 15 is 0 Å². The van der Waals surface area contributed by atoms with E-state index < -0.39 is 0 Å². The van der Waals surface area contributed by atoms with Crippen molar-refractivity contribution in [2.75, 3.05) is 0 Å². The molecule has 2 rings (SSSR count). The van der Waals surface area contributed by atoms with E-state index in [2.05, 4.69) is 39.8 Å². The van der Waals surface area contributed by atoms with Crippen molar-refractivity contribution in [3.63, 3.8) is 0 Å². The molecule has 0 bridgehead atoms. The first kappa shape index (κ1) is 14.2. The van der Waals surface area contributed by atoms with Crippen LogP contribution in [0.15, 0.2) is 35.3 Å². The minimum absolute atomic E-state index is 0.236. The number of benzene rings is 1. The summed E-state index contributed by atoms with van der Waals surface area (Å²) in [5.74, 6) is 0. The molecule has 0 amide bonds. The molecule has 0 radical (unpaired) electrons. The molecular weight excluding hydrogens is 236 g/mol. The number of hydrogen-bond acceptors (Lipinski definition) is 3. The van der Waals surface area contributed by atoms with Crippen LogP contribution in [0.2, 0.25) is 0 Å². The molecule has 0 aromatic heterocycles. The zero-order chi connectivity index (χ0) is 14.1. The Bertz CT molecular complexity index is 433. The molecule has 1 fully saturated rings. The quantitative estimate of drug-likeness (QED) is 0.826. The van der Waals surface area contributed by atoms with E-state index in [4.69, 9.17) is 4.99 Å². The molecule has 1 aliphatic rings. The summed E-state index contributed by atoms with van der Waals surface area (Å²) in [5, 5.41) is 11.7. The van der Waals surface area contributed by atoms with Crippen LogP contribution in [0.4, 0.5) is 0 Å². The second-order valence-electron chi connectivity index (χ2n) is 6.69. The molecule has 1 N–H and O–H groups in total. The smallest absolute Gasteiger partial charge is 0.0536 e. The molecule has 1 heterocycles. The Morgan fingerprint density at radius 1 is 1.11 bits per heavy atom. The summed E-state index contributed by atoms with van der Waals surface area (Å²) in [6, 6.07) is 10.4. The minimum atomic E-state index is -0.236. The Morgan fingerprint density at radius 3 is 2.16 bits per heavy atom. The molecule has 1 aromatic carbocycles. The predicted molar refractivity (Wildman–Crippen MR) is 78.8 cm³/mol. The number of hydroxylamine groups is 2. The maximum Gasteiger partial charge on any atom is 0.0536 e. The highest BCUT2D eigenvalue weighted by molar-refractivity contribution is 5.79. The van der Waals surface area contributed by atoms with Gasteiger partial charge in [-0.2, -0.15) is 5.06 Å². The Kier molecular flexibility index (Phi) is 3.79. The fourth-order valence-corrected chi connectivity index (χ4v) is 3.05. The lowest BCUT2D eigenvalue weighted by molar-refractivity contribution is -0.244. The van der Waals surface area contributed by atoms with E-state index in [0.29, 0.717) is 0 Å². The summed E-state index contributed by atoms with van der Waals surface area (Å²) in [6.45, 7) is 8.27. The van der Waals surface area contributed by atoms with Crippen molar-refractivity contribution in [2.24, 2.45) is 4.99 Å². The molecule has 19 heavy (non-hydrogen) atoms. The first-order valence-electron chi connectivity index (χ1n) is 6.89. The van der Waals surface area contributed by atoms with Gasteiger partial charge in [0.05, 0.1) is 6.04 Å². The largest absolute Gasteiger partial charge is 0.313 e. The molecule has 0 atom stereocenters. The Hall–Kier alpha value is -1.19. The fraction of sp³-hybridized carbons (Fsp3) is 0.562. The van der Waals surface area contributed by atoms with Crippen molar-refractivity contribution in [1.82, 2.24) is 5.06 Å². The van der Waals surface area contributed by atoms with Gasteiger partial charge < -0.3 is 5.21 Å². The van der Waals surface area contributed by atoms with E-state index in [1.54, 1.807) is 0 Å². The van der Waals surface area contributed by atoms with Gasteiger partial charge in [-0.05, 0) is 46.1 Å². The van der Waals surface area contributed by atoms with Crippen LogP contribution in [0.25, 0.3) is 0 Å². The third-order valence-corrected chi connectivity index (χ3v) is 3.85. The van der Waals surface area contributed by atoms with Gasteiger partial charge in [-0.25, -0.2) is 0 Å². The number of hydrogen-bond donors (Lipinski definition) is 1. The molecular formula is C16H24N2O. The van der Waals surface area contributed by atoms with Crippen LogP contribution in [0, 0.1) is 0 Å². The molecule has 0 aliphatic carbocycles. The summed E-state index contributed by atoms with van der Waals surface area (Å²) >= 11 is 0. The van der Waals surface area contributed by atoms with Crippen LogP contribution in [0.5, 0.6) is 0 Å². The van der Waals surface area contributed by atoms with Crippen molar-refractivity contribution >= 4 is 6.21 Å². The average Bonchev–Trinajstić information content (AvgIpc) is 2.34. The molecule has 1 saturated heterocycles. The molecule has 1 aromatic rings. The van der Waals surface area contributed by atoms with E-state index in [0.717, 1.165) is 18.4 Å². The van der Waals surface area contributed by atoms with Gasteiger partial charge in [0.25, 0.3) is 0 Å². The van der Waals surface area contributed by atoms with E-state index in [-0.39, 0.29) is 17.1 Å². The highest BCUT2D eigenvalue weighted by Gasteiger charge is 2.44. The summed E-state index contributed by atoms with van der Waals surface area (Å²) in [5.41, 5.74) is 0.658. The topological polar surface area (TPSA) is 35.8 Å². The highest BCUT2D eigenvalue weighted by atomic mass is 16.5. The molecule has 0 spiro atoms. The lowest BCUT2D eigenvalue weighted by Gasteiger charge is -2.50. The first-order valence-corrected chi connectivity index (χ1v) is 6.89. The molecule has 0 unspecified atom stereocenters. The number of piperidine rings is 1. The zero-order valence-electron chi connectivity index (χ0n) is 12.3. The zero-order valence-corrected chi connectivity index (χ0v) is 12.3. The fourth-order valence-electron chi connectivity index (χ4n) is 3.05. The number of aliphatic imine (C=N–C) groups is 1. The normalized spacial score (nSPS) is 23.8. The lowest BCUT2D eigenvalue weighted by atomic mass is 9.79. The average molecular weight is 260 g/mol. The van der Waals surface area contributed by atoms with Gasteiger partial charge in [0.1, 0.15) is 0 Å². The van der Waals surface area contributed by atoms with E-state index in [1.807, 2.05) is 24.4 Å². The van der Waals surface area contributed by atoms with Crippen LogP contribution in [0.1, 0.15) is 46.1 Å². The second-order valence-corrected chi connectivity index (χ2v) is 6.69. The molecule has 3 heteroatoms. The van der Waals surface area contributed by atoms with Gasteiger partial charge in [0, 0.05) is 17.3 Å². The van der Waals surface area contributed by atoms with Crippen molar-refractivity contribution in [3.8, 4) is 0 Å². The van der Waals surface area contributed by atoms with E-state index in [1.165, 1.54) is 5.06 Å². The monoisotopic (exact) mass is 260 g/mol. The summed E-state index contributed by atoms with van der Waals surface area (Å²) in [6.07, 6.45) is 3.69. The van der Waals surface area contributed by atoms with Crippen molar-refractivity contribution in [1.29, 1.82) is 0 Å². The maximum atomic E-state index is 10.2. The second kappa shape index (κ2) is 5.06. The number of nitrogens with zero attached hydrogens (tertiary/aromatic N) is 2. The van der Waals surface area contributed by atoms with Crippen molar-refractivity contribution < 1.29 is 5.21 Å². The van der Waals surface area contributed by atoms with Crippen LogP contribution < -0.4 is 0 Å². The molecule has 3 nitrogen and oxygen atoms in total.